The first-order valence-corrected chi connectivity index (χ1v) is 6.64. The Morgan fingerprint density at radius 3 is 2.48 bits per heavy atom. The number of hydrogen-bond acceptors (Lipinski definition) is 5. The van der Waals surface area contributed by atoms with Crippen molar-refractivity contribution in [1.82, 2.24) is 5.32 Å². The SMILES string of the molecule is COC(=O)c1ccccc1[C@H](N)CNC(=O)OC(C)(C)C. The molecule has 0 radical (unpaired) electrons. The molecule has 0 saturated carbocycles. The van der Waals surface area contributed by atoms with Crippen molar-refractivity contribution in [2.75, 3.05) is 13.7 Å². The molecule has 0 unspecified atom stereocenters. The minimum absolute atomic E-state index is 0.156. The molecule has 6 nitrogen and oxygen atoms in total. The van der Waals surface area contributed by atoms with E-state index in [0.717, 1.165) is 0 Å². The standard InChI is InChI=1S/C15H22N2O4/c1-15(2,3)21-14(19)17-9-12(16)10-7-5-6-8-11(10)13(18)20-4/h5-8,12H,9,16H2,1-4H3,(H,17,19)/t12-/m1/s1. The molecule has 0 aliphatic rings. The molecular weight excluding hydrogens is 272 g/mol. The minimum Gasteiger partial charge on any atom is -0.465 e. The smallest absolute Gasteiger partial charge is 0.407 e. The van der Waals surface area contributed by atoms with Gasteiger partial charge in [0.15, 0.2) is 0 Å². The number of methoxy groups -OCH3 is 1. The fourth-order valence-corrected chi connectivity index (χ4v) is 1.73. The van der Waals surface area contributed by atoms with Crippen molar-refractivity contribution in [3.63, 3.8) is 0 Å². The van der Waals surface area contributed by atoms with Crippen molar-refractivity contribution in [2.24, 2.45) is 5.73 Å². The lowest BCUT2D eigenvalue weighted by Crippen LogP contribution is -2.37. The third kappa shape index (κ3) is 5.43. The number of carbonyl (C=O) groups excluding carboxylic acids is 2. The Balaban J connectivity index is 2.70. The van der Waals surface area contributed by atoms with Gasteiger partial charge >= 0.3 is 12.1 Å². The van der Waals surface area contributed by atoms with Crippen molar-refractivity contribution in [2.45, 2.75) is 32.4 Å². The summed E-state index contributed by atoms with van der Waals surface area (Å²) in [5.41, 5.74) is 6.45. The molecule has 3 N–H and O–H groups in total. The van der Waals surface area contributed by atoms with Crippen LogP contribution in [-0.4, -0.2) is 31.3 Å². The van der Waals surface area contributed by atoms with Crippen molar-refractivity contribution in [1.29, 1.82) is 0 Å². The fourth-order valence-electron chi connectivity index (χ4n) is 1.73. The van der Waals surface area contributed by atoms with Crippen LogP contribution < -0.4 is 11.1 Å². The number of rotatable bonds is 4. The molecule has 1 amide bonds. The second-order valence-electron chi connectivity index (χ2n) is 5.57. The summed E-state index contributed by atoms with van der Waals surface area (Å²) in [4.78, 5) is 23.3. The number of alkyl carbamates (subject to hydrolysis) is 1. The molecule has 1 rings (SSSR count). The van der Waals surface area contributed by atoms with E-state index in [0.29, 0.717) is 11.1 Å². The summed E-state index contributed by atoms with van der Waals surface area (Å²) >= 11 is 0. The van der Waals surface area contributed by atoms with Gasteiger partial charge < -0.3 is 20.5 Å². The van der Waals surface area contributed by atoms with Crippen LogP contribution in [-0.2, 0) is 9.47 Å². The quantitative estimate of drug-likeness (QED) is 0.829. The molecular formula is C15H22N2O4. The van der Waals surface area contributed by atoms with Gasteiger partial charge in [-0.1, -0.05) is 18.2 Å². The average molecular weight is 294 g/mol. The number of nitrogens with two attached hydrogens (primary N) is 1. The summed E-state index contributed by atoms with van der Waals surface area (Å²) in [5.74, 6) is -0.460. The van der Waals surface area contributed by atoms with E-state index in [1.54, 1.807) is 45.0 Å². The van der Waals surface area contributed by atoms with E-state index >= 15 is 0 Å². The van der Waals surface area contributed by atoms with Gasteiger partial charge in [-0.15, -0.1) is 0 Å². The van der Waals surface area contributed by atoms with Crippen LogP contribution in [0.5, 0.6) is 0 Å². The van der Waals surface area contributed by atoms with E-state index in [-0.39, 0.29) is 6.54 Å². The molecule has 0 saturated heterocycles. The predicted molar refractivity (Wildman–Crippen MR) is 78.9 cm³/mol. The first-order valence-electron chi connectivity index (χ1n) is 6.64. The molecule has 0 aliphatic carbocycles. The number of ether oxygens (including phenoxy) is 2. The van der Waals surface area contributed by atoms with E-state index in [2.05, 4.69) is 5.32 Å². The fraction of sp³-hybridized carbons (Fsp3) is 0.467. The number of amides is 1. The molecule has 0 bridgehead atoms. The zero-order chi connectivity index (χ0) is 16.0. The van der Waals surface area contributed by atoms with Crippen LogP contribution in [0.15, 0.2) is 24.3 Å². The minimum atomic E-state index is -0.571. The van der Waals surface area contributed by atoms with Crippen LogP contribution in [0.4, 0.5) is 4.79 Å². The van der Waals surface area contributed by atoms with Gasteiger partial charge in [0.1, 0.15) is 5.60 Å². The van der Waals surface area contributed by atoms with E-state index in [1.807, 2.05) is 0 Å². The predicted octanol–water partition coefficient (Wildman–Crippen LogP) is 2.00. The summed E-state index contributed by atoms with van der Waals surface area (Å²) < 4.78 is 9.84. The summed E-state index contributed by atoms with van der Waals surface area (Å²) in [6, 6.07) is 6.33. The second kappa shape index (κ2) is 7.08. The lowest BCUT2D eigenvalue weighted by Gasteiger charge is -2.21. The highest BCUT2D eigenvalue weighted by Crippen LogP contribution is 2.17. The van der Waals surface area contributed by atoms with Crippen LogP contribution in [0.3, 0.4) is 0 Å². The van der Waals surface area contributed by atoms with E-state index in [4.69, 9.17) is 15.2 Å². The Hall–Kier alpha value is -2.08. The average Bonchev–Trinajstić information content (AvgIpc) is 2.42. The van der Waals surface area contributed by atoms with E-state index in [1.165, 1.54) is 7.11 Å². The number of benzene rings is 1. The maximum absolute atomic E-state index is 11.7. The molecule has 1 aromatic carbocycles. The Labute approximate surface area is 124 Å². The van der Waals surface area contributed by atoms with Crippen LogP contribution in [0.2, 0.25) is 0 Å². The molecule has 116 valence electrons. The Morgan fingerprint density at radius 2 is 1.90 bits per heavy atom. The van der Waals surface area contributed by atoms with Gasteiger partial charge in [0.05, 0.1) is 12.7 Å². The monoisotopic (exact) mass is 294 g/mol. The lowest BCUT2D eigenvalue weighted by atomic mass is 10.0. The summed E-state index contributed by atoms with van der Waals surface area (Å²) in [7, 11) is 1.31. The molecule has 1 atom stereocenters. The molecule has 0 aromatic heterocycles. The van der Waals surface area contributed by atoms with Gasteiger partial charge in [0.25, 0.3) is 0 Å². The summed E-state index contributed by atoms with van der Waals surface area (Å²) in [5, 5.41) is 2.58. The van der Waals surface area contributed by atoms with Crippen LogP contribution in [0.25, 0.3) is 0 Å². The number of carbonyl (C=O) groups is 2. The van der Waals surface area contributed by atoms with Crippen molar-refractivity contribution in [3.05, 3.63) is 35.4 Å². The van der Waals surface area contributed by atoms with Gasteiger partial charge in [0, 0.05) is 12.6 Å². The van der Waals surface area contributed by atoms with Crippen molar-refractivity contribution >= 4 is 12.1 Å². The van der Waals surface area contributed by atoms with Gasteiger partial charge in [0.2, 0.25) is 0 Å². The lowest BCUT2D eigenvalue weighted by molar-refractivity contribution is 0.0524. The zero-order valence-electron chi connectivity index (χ0n) is 12.8. The molecule has 0 aliphatic heterocycles. The maximum Gasteiger partial charge on any atom is 0.407 e. The molecule has 0 spiro atoms. The second-order valence-corrected chi connectivity index (χ2v) is 5.57. The Kier molecular flexibility index (Phi) is 5.72. The van der Waals surface area contributed by atoms with Gasteiger partial charge in [-0.05, 0) is 32.4 Å². The third-order valence-corrected chi connectivity index (χ3v) is 2.63. The topological polar surface area (TPSA) is 90.6 Å². The molecule has 6 heteroatoms. The highest BCUT2D eigenvalue weighted by molar-refractivity contribution is 5.91. The molecule has 0 fully saturated rings. The first-order chi connectivity index (χ1) is 9.74. The van der Waals surface area contributed by atoms with E-state index in [9.17, 15) is 9.59 Å². The largest absolute Gasteiger partial charge is 0.465 e. The summed E-state index contributed by atoms with van der Waals surface area (Å²) in [6.45, 7) is 5.49. The summed E-state index contributed by atoms with van der Waals surface area (Å²) in [6.07, 6.45) is -0.548. The number of hydrogen-bond donors (Lipinski definition) is 2. The Morgan fingerprint density at radius 1 is 1.29 bits per heavy atom. The Bertz CT molecular complexity index is 509. The molecule has 21 heavy (non-hydrogen) atoms. The highest BCUT2D eigenvalue weighted by atomic mass is 16.6. The number of esters is 1. The molecule has 0 heterocycles. The van der Waals surface area contributed by atoms with Crippen molar-refractivity contribution in [3.8, 4) is 0 Å². The van der Waals surface area contributed by atoms with Crippen molar-refractivity contribution < 1.29 is 19.1 Å². The van der Waals surface area contributed by atoms with Gasteiger partial charge in [-0.3, -0.25) is 0 Å². The third-order valence-electron chi connectivity index (χ3n) is 2.63. The van der Waals surface area contributed by atoms with Crippen LogP contribution in [0, 0.1) is 0 Å². The molecule has 1 aromatic rings. The van der Waals surface area contributed by atoms with Gasteiger partial charge in [-0.2, -0.15) is 0 Å². The zero-order valence-corrected chi connectivity index (χ0v) is 12.8. The van der Waals surface area contributed by atoms with Gasteiger partial charge in [-0.25, -0.2) is 9.59 Å². The van der Waals surface area contributed by atoms with Crippen LogP contribution >= 0.6 is 0 Å². The maximum atomic E-state index is 11.7. The normalized spacial score (nSPS) is 12.4. The number of nitrogens with one attached hydrogen (secondary N) is 1. The van der Waals surface area contributed by atoms with E-state index < -0.39 is 23.7 Å². The van der Waals surface area contributed by atoms with Crippen LogP contribution in [0.1, 0.15) is 42.7 Å². The highest BCUT2D eigenvalue weighted by Gasteiger charge is 2.19. The first kappa shape index (κ1) is 17.0.